The van der Waals surface area contributed by atoms with Crippen LogP contribution in [0.25, 0.3) is 0 Å². The number of hydrogen-bond acceptors (Lipinski definition) is 4. The van der Waals surface area contributed by atoms with E-state index in [0.29, 0.717) is 5.82 Å². The van der Waals surface area contributed by atoms with Gasteiger partial charge in [0.05, 0.1) is 0 Å². The third-order valence-corrected chi connectivity index (χ3v) is 3.13. The predicted octanol–water partition coefficient (Wildman–Crippen LogP) is 3.61. The zero-order valence-corrected chi connectivity index (χ0v) is 12.0. The molecule has 1 heterocycles. The molecule has 2 rings (SSSR count). The number of aryl methyl sites for hydroxylation is 1. The molecule has 6 heteroatoms. The lowest BCUT2D eigenvalue weighted by Gasteiger charge is -2.14. The molecule has 0 aliphatic rings. The maximum absolute atomic E-state index is 5.90. The summed E-state index contributed by atoms with van der Waals surface area (Å²) in [6.45, 7) is 2.06. The van der Waals surface area contributed by atoms with Crippen LogP contribution < -0.4 is 5.32 Å². The quantitative estimate of drug-likeness (QED) is 0.916. The molecule has 1 aromatic carbocycles. The van der Waals surface area contributed by atoms with E-state index >= 15 is 0 Å². The molecule has 0 saturated heterocycles. The Bertz CT molecular complexity index is 533. The van der Waals surface area contributed by atoms with Gasteiger partial charge in [-0.1, -0.05) is 41.9 Å². The Morgan fingerprint density at radius 1 is 1.16 bits per heavy atom. The molecule has 19 heavy (non-hydrogen) atoms. The van der Waals surface area contributed by atoms with Gasteiger partial charge in [-0.2, -0.15) is 4.98 Å². The van der Waals surface area contributed by atoms with Crippen LogP contribution in [-0.4, -0.2) is 21.2 Å². The number of aromatic nitrogens is 3. The Labute approximate surface area is 122 Å². The topological polar surface area (TPSA) is 50.7 Å². The van der Waals surface area contributed by atoms with Crippen molar-refractivity contribution >= 4 is 29.0 Å². The molecule has 0 saturated carbocycles. The Morgan fingerprint density at radius 3 is 2.63 bits per heavy atom. The minimum Gasteiger partial charge on any atom is -0.365 e. The maximum atomic E-state index is 5.90. The van der Waals surface area contributed by atoms with Crippen molar-refractivity contribution in [2.75, 3.05) is 5.32 Å². The van der Waals surface area contributed by atoms with Crippen molar-refractivity contribution in [3.05, 3.63) is 46.3 Å². The van der Waals surface area contributed by atoms with Crippen LogP contribution in [0.5, 0.6) is 0 Å². The van der Waals surface area contributed by atoms with Crippen LogP contribution in [-0.2, 0) is 6.42 Å². The minimum absolute atomic E-state index is 0.0853. The van der Waals surface area contributed by atoms with Crippen LogP contribution in [0.15, 0.2) is 30.3 Å². The number of nitrogens with zero attached hydrogens (tertiary/aromatic N) is 3. The molecule has 0 amide bonds. The number of nitrogens with one attached hydrogen (secondary N) is 1. The van der Waals surface area contributed by atoms with Crippen molar-refractivity contribution in [1.29, 1.82) is 0 Å². The Hall–Kier alpha value is -1.39. The summed E-state index contributed by atoms with van der Waals surface area (Å²) >= 11 is 11.6. The number of halogens is 2. The van der Waals surface area contributed by atoms with Crippen molar-refractivity contribution in [3.8, 4) is 0 Å². The summed E-state index contributed by atoms with van der Waals surface area (Å²) in [5.74, 6) is 0.474. The van der Waals surface area contributed by atoms with Crippen LogP contribution in [0.3, 0.4) is 0 Å². The highest BCUT2D eigenvalue weighted by Crippen LogP contribution is 2.18. The lowest BCUT2D eigenvalue weighted by molar-refractivity contribution is 0.701. The van der Waals surface area contributed by atoms with Gasteiger partial charge in [-0.15, -0.1) is 10.2 Å². The molecule has 2 aromatic rings. The van der Waals surface area contributed by atoms with E-state index in [4.69, 9.17) is 23.2 Å². The summed E-state index contributed by atoms with van der Waals surface area (Å²) in [6, 6.07) is 10.5. The fraction of sp³-hybridized carbons (Fsp3) is 0.308. The minimum atomic E-state index is 0.0853. The van der Waals surface area contributed by atoms with E-state index in [1.807, 2.05) is 18.2 Å². The predicted molar refractivity (Wildman–Crippen MR) is 77.7 cm³/mol. The smallest absolute Gasteiger partial charge is 0.245 e. The molecule has 0 bridgehead atoms. The number of hydrogen-bond donors (Lipinski definition) is 1. The van der Waals surface area contributed by atoms with Gasteiger partial charge in [0, 0.05) is 6.04 Å². The van der Waals surface area contributed by atoms with Crippen molar-refractivity contribution in [2.45, 2.75) is 25.8 Å². The molecule has 1 aromatic heterocycles. The van der Waals surface area contributed by atoms with Crippen LogP contribution in [0.1, 0.15) is 18.9 Å². The van der Waals surface area contributed by atoms with E-state index in [0.717, 1.165) is 12.8 Å². The highest BCUT2D eigenvalue weighted by molar-refractivity contribution is 6.32. The number of rotatable bonds is 5. The molecule has 1 unspecified atom stereocenters. The second-order valence-corrected chi connectivity index (χ2v) is 4.99. The van der Waals surface area contributed by atoms with Crippen LogP contribution >= 0.6 is 23.2 Å². The highest BCUT2D eigenvalue weighted by atomic mass is 35.5. The molecule has 0 fully saturated rings. The van der Waals surface area contributed by atoms with Gasteiger partial charge in [0.1, 0.15) is 0 Å². The third kappa shape index (κ3) is 4.33. The van der Waals surface area contributed by atoms with Crippen LogP contribution in [0.2, 0.25) is 10.4 Å². The van der Waals surface area contributed by atoms with Gasteiger partial charge < -0.3 is 5.32 Å². The monoisotopic (exact) mass is 296 g/mol. The van der Waals surface area contributed by atoms with Gasteiger partial charge in [-0.05, 0) is 36.9 Å². The Kier molecular flexibility index (Phi) is 4.93. The summed E-state index contributed by atoms with van der Waals surface area (Å²) < 4.78 is 0. The first-order valence-electron chi connectivity index (χ1n) is 6.01. The first-order valence-corrected chi connectivity index (χ1v) is 6.77. The summed E-state index contributed by atoms with van der Waals surface area (Å²) in [4.78, 5) is 4.02. The second-order valence-electron chi connectivity index (χ2n) is 4.29. The van der Waals surface area contributed by atoms with E-state index < -0.39 is 0 Å². The summed E-state index contributed by atoms with van der Waals surface area (Å²) in [7, 11) is 0. The fourth-order valence-electron chi connectivity index (χ4n) is 1.72. The zero-order valence-electron chi connectivity index (χ0n) is 10.5. The molecule has 4 nitrogen and oxygen atoms in total. The molecule has 1 atom stereocenters. The SMILES string of the molecule is CC(CCc1ccccc1)Nc1nc(Cl)nnc1Cl. The van der Waals surface area contributed by atoms with Gasteiger partial charge >= 0.3 is 0 Å². The molecule has 0 aliphatic carbocycles. The normalized spacial score (nSPS) is 12.2. The molecule has 0 spiro atoms. The van der Waals surface area contributed by atoms with E-state index in [2.05, 4.69) is 39.6 Å². The highest BCUT2D eigenvalue weighted by Gasteiger charge is 2.09. The van der Waals surface area contributed by atoms with Gasteiger partial charge in [0.2, 0.25) is 5.28 Å². The van der Waals surface area contributed by atoms with E-state index in [9.17, 15) is 0 Å². The Balaban J connectivity index is 1.90. The lowest BCUT2D eigenvalue weighted by atomic mass is 10.1. The second kappa shape index (κ2) is 6.68. The Morgan fingerprint density at radius 2 is 1.89 bits per heavy atom. The van der Waals surface area contributed by atoms with Gasteiger partial charge in [-0.25, -0.2) is 0 Å². The van der Waals surface area contributed by atoms with Gasteiger partial charge in [-0.3, -0.25) is 0 Å². The first kappa shape index (κ1) is 14.0. The number of benzene rings is 1. The lowest BCUT2D eigenvalue weighted by Crippen LogP contribution is -2.17. The van der Waals surface area contributed by atoms with E-state index in [-0.39, 0.29) is 16.5 Å². The van der Waals surface area contributed by atoms with Crippen molar-refractivity contribution in [2.24, 2.45) is 0 Å². The van der Waals surface area contributed by atoms with Gasteiger partial charge in [0.25, 0.3) is 0 Å². The number of anilines is 1. The molecule has 0 radical (unpaired) electrons. The standard InChI is InChI=1S/C13H14Cl2N4/c1-9(7-8-10-5-3-2-4-6-10)16-12-11(14)18-19-13(15)17-12/h2-6,9H,7-8H2,1H3,(H,16,17,19). The average Bonchev–Trinajstić information content (AvgIpc) is 2.42. The van der Waals surface area contributed by atoms with Crippen molar-refractivity contribution < 1.29 is 0 Å². The molecule has 0 aliphatic heterocycles. The zero-order chi connectivity index (χ0) is 13.7. The average molecular weight is 297 g/mol. The first-order chi connectivity index (χ1) is 9.15. The molecular formula is C13H14Cl2N4. The summed E-state index contributed by atoms with van der Waals surface area (Å²) in [5, 5.41) is 10.8. The molecular weight excluding hydrogens is 283 g/mol. The third-order valence-electron chi connectivity index (χ3n) is 2.71. The summed E-state index contributed by atoms with van der Waals surface area (Å²) in [5.41, 5.74) is 1.31. The van der Waals surface area contributed by atoms with Crippen LogP contribution in [0, 0.1) is 0 Å². The fourth-order valence-corrected chi connectivity index (χ4v) is 1.98. The molecule has 1 N–H and O–H groups in total. The van der Waals surface area contributed by atoms with Crippen molar-refractivity contribution in [1.82, 2.24) is 15.2 Å². The largest absolute Gasteiger partial charge is 0.365 e. The van der Waals surface area contributed by atoms with Crippen molar-refractivity contribution in [3.63, 3.8) is 0 Å². The van der Waals surface area contributed by atoms with Crippen LogP contribution in [0.4, 0.5) is 5.82 Å². The van der Waals surface area contributed by atoms with Gasteiger partial charge in [0.15, 0.2) is 11.0 Å². The van der Waals surface area contributed by atoms with E-state index in [1.165, 1.54) is 5.56 Å². The molecule has 100 valence electrons. The summed E-state index contributed by atoms with van der Waals surface area (Å²) in [6.07, 6.45) is 1.95. The van der Waals surface area contributed by atoms with E-state index in [1.54, 1.807) is 0 Å². The maximum Gasteiger partial charge on any atom is 0.245 e.